The van der Waals surface area contributed by atoms with Crippen LogP contribution in [0.3, 0.4) is 0 Å². The van der Waals surface area contributed by atoms with Crippen LogP contribution in [0.1, 0.15) is 5.69 Å². The number of H-pyrrole nitrogens is 1. The Hall–Kier alpha value is -1.07. The summed E-state index contributed by atoms with van der Waals surface area (Å²) in [5.74, 6) is 0. The van der Waals surface area contributed by atoms with Crippen LogP contribution in [-0.2, 0) is 13.6 Å². The standard InChI is InChI=1S/C9H11BrN4/c1-14-7(5-11)8(10)9(13-14)6-3-2-4-12-6/h2-4,12H,5,11H2,1H3. The molecule has 3 N–H and O–H groups in total. The van der Waals surface area contributed by atoms with E-state index in [0.717, 1.165) is 21.6 Å². The summed E-state index contributed by atoms with van der Waals surface area (Å²) in [7, 11) is 1.89. The Labute approximate surface area is 90.2 Å². The molecule has 0 spiro atoms. The number of nitrogens with zero attached hydrogens (tertiary/aromatic N) is 2. The molecule has 14 heavy (non-hydrogen) atoms. The molecule has 4 nitrogen and oxygen atoms in total. The molecule has 5 heteroatoms. The molecule has 0 radical (unpaired) electrons. The highest BCUT2D eigenvalue weighted by Gasteiger charge is 2.14. The number of aromatic amines is 1. The number of aryl methyl sites for hydroxylation is 1. The molecule has 0 aliphatic heterocycles. The Morgan fingerprint density at radius 3 is 2.93 bits per heavy atom. The summed E-state index contributed by atoms with van der Waals surface area (Å²) in [5, 5.41) is 4.38. The summed E-state index contributed by atoms with van der Waals surface area (Å²) >= 11 is 3.50. The summed E-state index contributed by atoms with van der Waals surface area (Å²) in [6.07, 6.45) is 1.87. The van der Waals surface area contributed by atoms with Crippen molar-refractivity contribution in [3.05, 3.63) is 28.5 Å². The predicted molar refractivity (Wildman–Crippen MR) is 58.6 cm³/mol. The number of hydrogen-bond acceptors (Lipinski definition) is 2. The highest BCUT2D eigenvalue weighted by Crippen LogP contribution is 2.28. The number of rotatable bonds is 2. The largest absolute Gasteiger partial charge is 0.360 e. The quantitative estimate of drug-likeness (QED) is 0.856. The van der Waals surface area contributed by atoms with E-state index in [-0.39, 0.29) is 0 Å². The van der Waals surface area contributed by atoms with Crippen molar-refractivity contribution in [2.75, 3.05) is 0 Å². The van der Waals surface area contributed by atoms with Crippen molar-refractivity contribution in [1.82, 2.24) is 14.8 Å². The topological polar surface area (TPSA) is 59.6 Å². The zero-order chi connectivity index (χ0) is 10.1. The van der Waals surface area contributed by atoms with Crippen LogP contribution in [0.2, 0.25) is 0 Å². The van der Waals surface area contributed by atoms with Gasteiger partial charge in [0.25, 0.3) is 0 Å². The molecule has 0 bridgehead atoms. The van der Waals surface area contributed by atoms with Crippen LogP contribution in [0.5, 0.6) is 0 Å². The van der Waals surface area contributed by atoms with Crippen LogP contribution in [0.15, 0.2) is 22.8 Å². The van der Waals surface area contributed by atoms with Gasteiger partial charge < -0.3 is 10.7 Å². The van der Waals surface area contributed by atoms with Gasteiger partial charge in [-0.1, -0.05) is 0 Å². The first-order chi connectivity index (χ1) is 6.74. The molecule has 0 fully saturated rings. The third-order valence-electron chi connectivity index (χ3n) is 2.15. The fourth-order valence-electron chi connectivity index (χ4n) is 1.40. The Bertz CT molecular complexity index is 430. The molecule has 0 aromatic carbocycles. The van der Waals surface area contributed by atoms with Gasteiger partial charge in [0.1, 0.15) is 5.69 Å². The van der Waals surface area contributed by atoms with Gasteiger partial charge in [-0.2, -0.15) is 5.10 Å². The lowest BCUT2D eigenvalue weighted by molar-refractivity contribution is 0.712. The van der Waals surface area contributed by atoms with E-state index in [1.165, 1.54) is 0 Å². The molecular formula is C9H11BrN4. The molecule has 0 amide bonds. The second-order valence-corrected chi connectivity index (χ2v) is 3.81. The van der Waals surface area contributed by atoms with E-state index in [1.807, 2.05) is 25.4 Å². The number of nitrogens with one attached hydrogen (secondary N) is 1. The van der Waals surface area contributed by atoms with Crippen molar-refractivity contribution < 1.29 is 0 Å². The van der Waals surface area contributed by atoms with Crippen LogP contribution >= 0.6 is 15.9 Å². The van der Waals surface area contributed by atoms with Gasteiger partial charge in [0.15, 0.2) is 0 Å². The maximum atomic E-state index is 5.62. The molecule has 2 aromatic heterocycles. The first-order valence-corrected chi connectivity index (χ1v) is 5.08. The van der Waals surface area contributed by atoms with Gasteiger partial charge in [-0.3, -0.25) is 4.68 Å². The predicted octanol–water partition coefficient (Wildman–Crippen LogP) is 1.64. The Balaban J connectivity index is 2.55. The van der Waals surface area contributed by atoms with Crippen molar-refractivity contribution in [3.8, 4) is 11.4 Å². The van der Waals surface area contributed by atoms with Gasteiger partial charge in [0, 0.05) is 19.8 Å². The van der Waals surface area contributed by atoms with Gasteiger partial charge in [-0.25, -0.2) is 0 Å². The van der Waals surface area contributed by atoms with E-state index in [0.29, 0.717) is 6.54 Å². The third kappa shape index (κ3) is 1.38. The first kappa shape index (κ1) is 9.48. The van der Waals surface area contributed by atoms with Crippen LogP contribution in [0.4, 0.5) is 0 Å². The second-order valence-electron chi connectivity index (χ2n) is 3.02. The van der Waals surface area contributed by atoms with E-state index in [4.69, 9.17) is 5.73 Å². The molecule has 0 aliphatic rings. The van der Waals surface area contributed by atoms with Gasteiger partial charge in [-0.15, -0.1) is 0 Å². The van der Waals surface area contributed by atoms with Gasteiger partial charge in [0.05, 0.1) is 15.9 Å². The maximum Gasteiger partial charge on any atom is 0.123 e. The molecular weight excluding hydrogens is 244 g/mol. The average molecular weight is 255 g/mol. The SMILES string of the molecule is Cn1nc(-c2ccc[nH]2)c(Br)c1CN. The van der Waals surface area contributed by atoms with Gasteiger partial charge in [0.2, 0.25) is 0 Å². The lowest BCUT2D eigenvalue weighted by Gasteiger charge is -1.95. The summed E-state index contributed by atoms with van der Waals surface area (Å²) < 4.78 is 2.75. The minimum atomic E-state index is 0.477. The van der Waals surface area contributed by atoms with E-state index in [1.54, 1.807) is 4.68 Å². The summed E-state index contributed by atoms with van der Waals surface area (Å²) in [4.78, 5) is 3.11. The maximum absolute atomic E-state index is 5.62. The smallest absolute Gasteiger partial charge is 0.123 e. The summed E-state index contributed by atoms with van der Waals surface area (Å²) in [6.45, 7) is 0.477. The highest BCUT2D eigenvalue weighted by molar-refractivity contribution is 9.10. The van der Waals surface area contributed by atoms with Crippen LogP contribution < -0.4 is 5.73 Å². The molecule has 2 rings (SSSR count). The summed E-state index contributed by atoms with van der Waals surface area (Å²) in [6, 6.07) is 3.92. The monoisotopic (exact) mass is 254 g/mol. The van der Waals surface area contributed by atoms with E-state index in [9.17, 15) is 0 Å². The average Bonchev–Trinajstić information content (AvgIpc) is 2.74. The minimum absolute atomic E-state index is 0.477. The summed E-state index contributed by atoms with van der Waals surface area (Å²) in [5.41, 5.74) is 8.51. The molecule has 0 atom stereocenters. The Kier molecular flexibility index (Phi) is 2.43. The normalized spacial score (nSPS) is 10.8. The number of hydrogen-bond donors (Lipinski definition) is 2. The van der Waals surface area contributed by atoms with Crippen molar-refractivity contribution in [2.24, 2.45) is 12.8 Å². The molecule has 0 saturated heterocycles. The third-order valence-corrected chi connectivity index (χ3v) is 2.98. The molecule has 2 heterocycles. The van der Waals surface area contributed by atoms with Crippen molar-refractivity contribution in [2.45, 2.75) is 6.54 Å². The molecule has 0 unspecified atom stereocenters. The van der Waals surface area contributed by atoms with E-state index in [2.05, 4.69) is 26.0 Å². The van der Waals surface area contributed by atoms with Crippen molar-refractivity contribution >= 4 is 15.9 Å². The molecule has 2 aromatic rings. The number of halogens is 1. The highest BCUT2D eigenvalue weighted by atomic mass is 79.9. The van der Waals surface area contributed by atoms with Crippen LogP contribution in [-0.4, -0.2) is 14.8 Å². The lowest BCUT2D eigenvalue weighted by atomic mass is 10.3. The Morgan fingerprint density at radius 1 is 1.64 bits per heavy atom. The molecule has 0 aliphatic carbocycles. The van der Waals surface area contributed by atoms with Crippen molar-refractivity contribution in [1.29, 1.82) is 0 Å². The fraction of sp³-hybridized carbons (Fsp3) is 0.222. The number of nitrogens with two attached hydrogens (primary N) is 1. The lowest BCUT2D eigenvalue weighted by Crippen LogP contribution is -2.04. The van der Waals surface area contributed by atoms with Crippen molar-refractivity contribution in [3.63, 3.8) is 0 Å². The minimum Gasteiger partial charge on any atom is -0.360 e. The zero-order valence-corrected chi connectivity index (χ0v) is 9.37. The zero-order valence-electron chi connectivity index (χ0n) is 7.79. The first-order valence-electron chi connectivity index (χ1n) is 4.29. The van der Waals surface area contributed by atoms with Gasteiger partial charge >= 0.3 is 0 Å². The van der Waals surface area contributed by atoms with Crippen LogP contribution in [0, 0.1) is 0 Å². The molecule has 74 valence electrons. The van der Waals surface area contributed by atoms with E-state index >= 15 is 0 Å². The van der Waals surface area contributed by atoms with E-state index < -0.39 is 0 Å². The van der Waals surface area contributed by atoms with Gasteiger partial charge in [-0.05, 0) is 28.1 Å². The van der Waals surface area contributed by atoms with Crippen LogP contribution in [0.25, 0.3) is 11.4 Å². The fourth-order valence-corrected chi connectivity index (χ4v) is 2.12. The number of aromatic nitrogens is 3. The Morgan fingerprint density at radius 2 is 2.43 bits per heavy atom. The molecule has 0 saturated carbocycles. The second kappa shape index (κ2) is 3.59.